The molecule has 110 valence electrons. The number of rotatable bonds is 6. The average molecular weight is 381 g/mol. The van der Waals surface area contributed by atoms with E-state index in [0.717, 1.165) is 45.2 Å². The highest BCUT2D eigenvalue weighted by molar-refractivity contribution is 14.1. The summed E-state index contributed by atoms with van der Waals surface area (Å²) in [4.78, 5) is 14.2. The zero-order valence-corrected chi connectivity index (χ0v) is 13.6. The van der Waals surface area contributed by atoms with Gasteiger partial charge in [0.1, 0.15) is 10.5 Å². The third-order valence-corrected chi connectivity index (χ3v) is 5.04. The molecule has 0 aromatic rings. The van der Waals surface area contributed by atoms with Gasteiger partial charge < -0.3 is 9.47 Å². The van der Waals surface area contributed by atoms with Gasteiger partial charge in [-0.05, 0) is 12.3 Å². The predicted molar refractivity (Wildman–Crippen MR) is 82.6 cm³/mol. The molecule has 0 radical (unpaired) electrons. The summed E-state index contributed by atoms with van der Waals surface area (Å²) in [5.74, 6) is 0.717. The lowest BCUT2D eigenvalue weighted by atomic mass is 10.0. The second kappa shape index (κ2) is 8.42. The molecule has 0 aromatic heterocycles. The van der Waals surface area contributed by atoms with Gasteiger partial charge in [-0.25, -0.2) is 0 Å². The number of esters is 1. The van der Waals surface area contributed by atoms with E-state index in [-0.39, 0.29) is 9.89 Å². The smallest absolute Gasteiger partial charge is 0.318 e. The van der Waals surface area contributed by atoms with Crippen LogP contribution in [0.2, 0.25) is 0 Å². The van der Waals surface area contributed by atoms with Gasteiger partial charge in [0.2, 0.25) is 0 Å². The van der Waals surface area contributed by atoms with Crippen LogP contribution in [0.4, 0.5) is 0 Å². The Morgan fingerprint density at radius 2 is 2.00 bits per heavy atom. The van der Waals surface area contributed by atoms with E-state index in [0.29, 0.717) is 6.61 Å². The Morgan fingerprint density at radius 1 is 1.32 bits per heavy atom. The normalized spacial score (nSPS) is 23.4. The minimum Gasteiger partial charge on any atom is -0.464 e. The molecule has 1 aliphatic heterocycles. The molecule has 1 aliphatic carbocycles. The molecule has 0 bridgehead atoms. The maximum Gasteiger partial charge on any atom is 0.318 e. The number of hydrogen-bond donors (Lipinski definition) is 0. The van der Waals surface area contributed by atoms with Gasteiger partial charge >= 0.3 is 5.97 Å². The summed E-state index contributed by atoms with van der Waals surface area (Å²) in [6, 6.07) is 0. The molecule has 2 fully saturated rings. The van der Waals surface area contributed by atoms with Crippen LogP contribution in [0.25, 0.3) is 0 Å². The van der Waals surface area contributed by atoms with Crippen molar-refractivity contribution in [2.24, 2.45) is 5.92 Å². The fourth-order valence-electron chi connectivity index (χ4n) is 2.83. The van der Waals surface area contributed by atoms with Crippen molar-refractivity contribution in [3.63, 3.8) is 0 Å². The van der Waals surface area contributed by atoms with Gasteiger partial charge in [-0.1, -0.05) is 48.3 Å². The van der Waals surface area contributed by atoms with Crippen molar-refractivity contribution in [1.29, 1.82) is 0 Å². The molecule has 2 aliphatic rings. The molecule has 0 aromatic carbocycles. The van der Waals surface area contributed by atoms with E-state index in [1.165, 1.54) is 25.7 Å². The molecule has 19 heavy (non-hydrogen) atoms. The number of ether oxygens (including phenoxy) is 2. The lowest BCUT2D eigenvalue weighted by molar-refractivity contribution is -0.143. The Labute approximate surface area is 129 Å². The van der Waals surface area contributed by atoms with Crippen molar-refractivity contribution in [1.82, 2.24) is 4.90 Å². The average Bonchev–Trinajstić information content (AvgIpc) is 2.92. The molecular weight excluding hydrogens is 357 g/mol. The van der Waals surface area contributed by atoms with Gasteiger partial charge in [0.25, 0.3) is 0 Å². The Kier molecular flexibility index (Phi) is 6.87. The Morgan fingerprint density at radius 3 is 2.68 bits per heavy atom. The second-order valence-electron chi connectivity index (χ2n) is 5.48. The van der Waals surface area contributed by atoms with Gasteiger partial charge in [0, 0.05) is 19.6 Å². The van der Waals surface area contributed by atoms with Gasteiger partial charge in [-0.2, -0.15) is 0 Å². The number of halogens is 1. The summed E-state index contributed by atoms with van der Waals surface area (Å²) in [6.45, 7) is 4.85. The summed E-state index contributed by atoms with van der Waals surface area (Å²) < 4.78 is 10.7. The summed E-state index contributed by atoms with van der Waals surface area (Å²) in [5, 5.41) is 0. The SMILES string of the molecule is O=C(OCCN1CCOCC1)C(I)CC1CCCC1. The maximum atomic E-state index is 11.9. The summed E-state index contributed by atoms with van der Waals surface area (Å²) in [7, 11) is 0. The molecule has 5 heteroatoms. The van der Waals surface area contributed by atoms with Crippen molar-refractivity contribution < 1.29 is 14.3 Å². The molecule has 1 atom stereocenters. The topological polar surface area (TPSA) is 38.8 Å². The van der Waals surface area contributed by atoms with Gasteiger partial charge in [0.15, 0.2) is 0 Å². The molecule has 1 saturated heterocycles. The van der Waals surface area contributed by atoms with Crippen molar-refractivity contribution in [3.05, 3.63) is 0 Å². The lowest BCUT2D eigenvalue weighted by Crippen LogP contribution is -2.38. The van der Waals surface area contributed by atoms with Crippen LogP contribution in [-0.2, 0) is 14.3 Å². The first-order chi connectivity index (χ1) is 9.25. The van der Waals surface area contributed by atoms with Crippen molar-refractivity contribution in [3.8, 4) is 0 Å². The number of carbonyl (C=O) groups excluding carboxylic acids is 1. The second-order valence-corrected chi connectivity index (χ2v) is 6.98. The summed E-state index contributed by atoms with van der Waals surface area (Å²) in [5.41, 5.74) is 0. The maximum absolute atomic E-state index is 11.9. The Hall–Kier alpha value is 0.120. The van der Waals surface area contributed by atoms with Gasteiger partial charge in [-0.15, -0.1) is 0 Å². The highest BCUT2D eigenvalue weighted by atomic mass is 127. The molecule has 0 spiro atoms. The van der Waals surface area contributed by atoms with E-state index in [2.05, 4.69) is 27.5 Å². The largest absolute Gasteiger partial charge is 0.464 e. The number of hydrogen-bond acceptors (Lipinski definition) is 4. The molecule has 0 N–H and O–H groups in total. The quantitative estimate of drug-likeness (QED) is 0.402. The Bertz CT molecular complexity index is 276. The van der Waals surface area contributed by atoms with Gasteiger partial charge in [0.05, 0.1) is 13.2 Å². The van der Waals surface area contributed by atoms with E-state index >= 15 is 0 Å². The Balaban J connectivity index is 1.57. The highest BCUT2D eigenvalue weighted by Crippen LogP contribution is 2.30. The van der Waals surface area contributed by atoms with E-state index < -0.39 is 0 Å². The monoisotopic (exact) mass is 381 g/mol. The van der Waals surface area contributed by atoms with E-state index in [4.69, 9.17) is 9.47 Å². The molecule has 0 amide bonds. The minimum absolute atomic E-state index is 0.0271. The van der Waals surface area contributed by atoms with Crippen molar-refractivity contribution >= 4 is 28.6 Å². The zero-order chi connectivity index (χ0) is 13.5. The number of alkyl halides is 1. The van der Waals surface area contributed by atoms with Crippen LogP contribution in [0, 0.1) is 5.92 Å². The van der Waals surface area contributed by atoms with E-state index in [9.17, 15) is 4.79 Å². The van der Waals surface area contributed by atoms with Crippen molar-refractivity contribution in [2.45, 2.75) is 36.0 Å². The third-order valence-electron chi connectivity index (χ3n) is 4.03. The molecular formula is C14H24INO3. The first-order valence-corrected chi connectivity index (χ1v) is 8.61. The van der Waals surface area contributed by atoms with Crippen LogP contribution in [0.5, 0.6) is 0 Å². The summed E-state index contributed by atoms with van der Waals surface area (Å²) >= 11 is 2.24. The zero-order valence-electron chi connectivity index (χ0n) is 11.5. The molecule has 1 saturated carbocycles. The standard InChI is InChI=1S/C14H24INO3/c15-13(11-12-3-1-2-4-12)14(17)19-10-7-16-5-8-18-9-6-16/h12-13H,1-11H2. The molecule has 1 heterocycles. The third kappa shape index (κ3) is 5.55. The van der Waals surface area contributed by atoms with E-state index in [1.54, 1.807) is 0 Å². The van der Waals surface area contributed by atoms with E-state index in [1.807, 2.05) is 0 Å². The van der Waals surface area contributed by atoms with Crippen LogP contribution >= 0.6 is 22.6 Å². The van der Waals surface area contributed by atoms with Gasteiger partial charge in [-0.3, -0.25) is 9.69 Å². The first-order valence-electron chi connectivity index (χ1n) is 7.36. The van der Waals surface area contributed by atoms with Crippen LogP contribution in [0.1, 0.15) is 32.1 Å². The number of carbonyl (C=O) groups is 1. The molecule has 1 unspecified atom stereocenters. The fourth-order valence-corrected chi connectivity index (χ4v) is 3.72. The molecule has 2 rings (SSSR count). The molecule has 4 nitrogen and oxygen atoms in total. The summed E-state index contributed by atoms with van der Waals surface area (Å²) in [6.07, 6.45) is 6.25. The fraction of sp³-hybridized carbons (Fsp3) is 0.929. The number of nitrogens with zero attached hydrogens (tertiary/aromatic N) is 1. The lowest BCUT2D eigenvalue weighted by Gasteiger charge is -2.26. The predicted octanol–water partition coefficient (Wildman–Crippen LogP) is 2.25. The number of morpholine rings is 1. The van der Waals surface area contributed by atoms with Crippen LogP contribution in [-0.4, -0.2) is 54.2 Å². The van der Waals surface area contributed by atoms with Crippen LogP contribution < -0.4 is 0 Å². The van der Waals surface area contributed by atoms with Crippen LogP contribution in [0.3, 0.4) is 0 Å². The minimum atomic E-state index is -0.0271. The van der Waals surface area contributed by atoms with Crippen molar-refractivity contribution in [2.75, 3.05) is 39.5 Å². The highest BCUT2D eigenvalue weighted by Gasteiger charge is 2.24. The van der Waals surface area contributed by atoms with Crippen LogP contribution in [0.15, 0.2) is 0 Å². The first kappa shape index (κ1) is 15.5.